The Kier molecular flexibility index (Phi) is 6.24. The number of aliphatic hydroxyl groups excluding tert-OH is 3. The van der Waals surface area contributed by atoms with Crippen LogP contribution in [0.25, 0.3) is 0 Å². The normalized spacial score (nSPS) is 31.2. The number of carbonyl (C=O) groups excluding carboxylic acids is 2. The average Bonchev–Trinajstić information content (AvgIpc) is 2.44. The number of amides is 2. The maximum absolute atomic E-state index is 11.5. The first-order chi connectivity index (χ1) is 10.1. The zero-order valence-electron chi connectivity index (χ0n) is 12.6. The first-order valence-corrected chi connectivity index (χ1v) is 6.75. The van der Waals surface area contributed by atoms with E-state index in [1.165, 1.54) is 13.8 Å². The highest BCUT2D eigenvalue weighted by Gasteiger charge is 2.44. The van der Waals surface area contributed by atoms with E-state index in [-0.39, 0.29) is 17.7 Å². The fraction of sp³-hybridized carbons (Fsp3) is 0.571. The molecule has 1 heterocycles. The Morgan fingerprint density at radius 2 is 1.59 bits per heavy atom. The molecule has 0 aliphatic carbocycles. The maximum atomic E-state index is 11.5. The third kappa shape index (κ3) is 4.38. The standard InChI is InChI=1S/C14H22N2O6/c1-6(2)12(19)15-5-8-10(17)11(18)9(14(21)22-8)16-13(20)7(3)4/h8-11,14,17-18,21H,1,3,5H2,2,4H3,(H,15,19)(H,16,20). The van der Waals surface area contributed by atoms with Crippen molar-refractivity contribution in [3.63, 3.8) is 0 Å². The molecular formula is C14H22N2O6. The Morgan fingerprint density at radius 3 is 2.09 bits per heavy atom. The third-order valence-electron chi connectivity index (χ3n) is 3.26. The van der Waals surface area contributed by atoms with E-state index in [0.29, 0.717) is 0 Å². The molecule has 1 aliphatic rings. The highest BCUT2D eigenvalue weighted by atomic mass is 16.6. The third-order valence-corrected chi connectivity index (χ3v) is 3.26. The van der Waals surface area contributed by atoms with E-state index in [4.69, 9.17) is 4.74 Å². The van der Waals surface area contributed by atoms with Crippen molar-refractivity contribution in [3.8, 4) is 0 Å². The fourth-order valence-corrected chi connectivity index (χ4v) is 1.89. The molecule has 124 valence electrons. The molecule has 0 aromatic heterocycles. The molecule has 1 aliphatic heterocycles. The molecule has 5 atom stereocenters. The van der Waals surface area contributed by atoms with Crippen LogP contribution in [0.3, 0.4) is 0 Å². The van der Waals surface area contributed by atoms with Gasteiger partial charge in [-0.2, -0.15) is 0 Å². The number of carbonyl (C=O) groups is 2. The molecule has 1 rings (SSSR count). The lowest BCUT2D eigenvalue weighted by molar-refractivity contribution is -0.245. The number of rotatable bonds is 5. The Bertz CT molecular complexity index is 476. The number of ether oxygens (including phenoxy) is 1. The molecular weight excluding hydrogens is 292 g/mol. The van der Waals surface area contributed by atoms with Crippen molar-refractivity contribution in [2.45, 2.75) is 44.5 Å². The first kappa shape index (κ1) is 18.3. The Balaban J connectivity index is 2.67. The van der Waals surface area contributed by atoms with Gasteiger partial charge in [0.15, 0.2) is 6.29 Å². The predicted octanol–water partition coefficient (Wildman–Crippen LogP) is -1.82. The van der Waals surface area contributed by atoms with Crippen LogP contribution in [0, 0.1) is 0 Å². The van der Waals surface area contributed by atoms with Crippen LogP contribution in [-0.4, -0.2) is 64.3 Å². The number of hydrogen-bond donors (Lipinski definition) is 5. The molecule has 0 aromatic carbocycles. The van der Waals surface area contributed by atoms with Crippen molar-refractivity contribution in [2.75, 3.05) is 6.54 Å². The molecule has 8 heteroatoms. The molecule has 0 bridgehead atoms. The summed E-state index contributed by atoms with van der Waals surface area (Å²) in [4.78, 5) is 22.9. The van der Waals surface area contributed by atoms with Crippen molar-refractivity contribution in [3.05, 3.63) is 24.3 Å². The molecule has 22 heavy (non-hydrogen) atoms. The highest BCUT2D eigenvalue weighted by molar-refractivity contribution is 5.92. The number of hydrogen-bond acceptors (Lipinski definition) is 6. The molecule has 0 aromatic rings. The van der Waals surface area contributed by atoms with Crippen LogP contribution in [0.4, 0.5) is 0 Å². The van der Waals surface area contributed by atoms with Gasteiger partial charge in [-0.25, -0.2) is 0 Å². The van der Waals surface area contributed by atoms with Gasteiger partial charge in [0.05, 0.1) is 0 Å². The van der Waals surface area contributed by atoms with Gasteiger partial charge in [-0.05, 0) is 13.8 Å². The molecule has 0 radical (unpaired) electrons. The summed E-state index contributed by atoms with van der Waals surface area (Å²) in [5, 5.41) is 34.7. The van der Waals surface area contributed by atoms with Crippen molar-refractivity contribution in [2.24, 2.45) is 0 Å². The zero-order valence-corrected chi connectivity index (χ0v) is 12.6. The number of aliphatic hydroxyl groups is 3. The van der Waals surface area contributed by atoms with Crippen LogP contribution in [0.5, 0.6) is 0 Å². The van der Waals surface area contributed by atoms with E-state index in [1.807, 2.05) is 0 Å². The Hall–Kier alpha value is -1.74. The summed E-state index contributed by atoms with van der Waals surface area (Å²) in [5.41, 5.74) is 0.461. The molecule has 0 spiro atoms. The van der Waals surface area contributed by atoms with E-state index < -0.39 is 42.5 Å². The van der Waals surface area contributed by atoms with Crippen LogP contribution < -0.4 is 10.6 Å². The minimum absolute atomic E-state index is 0.123. The van der Waals surface area contributed by atoms with Gasteiger partial charge in [0, 0.05) is 17.7 Å². The lowest BCUT2D eigenvalue weighted by Gasteiger charge is -2.41. The van der Waals surface area contributed by atoms with E-state index >= 15 is 0 Å². The Morgan fingerprint density at radius 1 is 1.05 bits per heavy atom. The Labute approximate surface area is 128 Å². The molecule has 2 amide bonds. The molecule has 1 saturated heterocycles. The van der Waals surface area contributed by atoms with Gasteiger partial charge in [0.1, 0.15) is 24.4 Å². The second-order valence-electron chi connectivity index (χ2n) is 5.32. The van der Waals surface area contributed by atoms with Crippen LogP contribution >= 0.6 is 0 Å². The summed E-state index contributed by atoms with van der Waals surface area (Å²) in [5.74, 6) is -1.01. The van der Waals surface area contributed by atoms with Crippen molar-refractivity contribution < 1.29 is 29.6 Å². The van der Waals surface area contributed by atoms with Crippen LogP contribution in [0.15, 0.2) is 24.3 Å². The van der Waals surface area contributed by atoms with Crippen molar-refractivity contribution in [1.29, 1.82) is 0 Å². The molecule has 1 fully saturated rings. The van der Waals surface area contributed by atoms with Crippen molar-refractivity contribution >= 4 is 11.8 Å². The monoisotopic (exact) mass is 314 g/mol. The smallest absolute Gasteiger partial charge is 0.246 e. The van der Waals surface area contributed by atoms with Crippen LogP contribution in [0.1, 0.15) is 13.8 Å². The zero-order chi connectivity index (χ0) is 17.0. The summed E-state index contributed by atoms with van der Waals surface area (Å²) < 4.78 is 5.15. The van der Waals surface area contributed by atoms with Gasteiger partial charge in [-0.1, -0.05) is 13.2 Å². The second kappa shape index (κ2) is 7.50. The van der Waals surface area contributed by atoms with Gasteiger partial charge in [-0.3, -0.25) is 9.59 Å². The predicted molar refractivity (Wildman–Crippen MR) is 77.5 cm³/mol. The van der Waals surface area contributed by atoms with E-state index in [2.05, 4.69) is 23.8 Å². The minimum atomic E-state index is -1.53. The minimum Gasteiger partial charge on any atom is -0.388 e. The summed E-state index contributed by atoms with van der Waals surface area (Å²) in [7, 11) is 0. The molecule has 8 nitrogen and oxygen atoms in total. The fourth-order valence-electron chi connectivity index (χ4n) is 1.89. The van der Waals surface area contributed by atoms with Crippen LogP contribution in [-0.2, 0) is 14.3 Å². The molecule has 5 unspecified atom stereocenters. The number of nitrogens with one attached hydrogen (secondary N) is 2. The van der Waals surface area contributed by atoms with Gasteiger partial charge in [0.25, 0.3) is 0 Å². The van der Waals surface area contributed by atoms with E-state index in [9.17, 15) is 24.9 Å². The van der Waals surface area contributed by atoms with Gasteiger partial charge >= 0.3 is 0 Å². The molecule has 0 saturated carbocycles. The lowest BCUT2D eigenvalue weighted by Crippen LogP contribution is -2.65. The summed E-state index contributed by atoms with van der Waals surface area (Å²) >= 11 is 0. The van der Waals surface area contributed by atoms with E-state index in [0.717, 1.165) is 0 Å². The average molecular weight is 314 g/mol. The topological polar surface area (TPSA) is 128 Å². The SMILES string of the molecule is C=C(C)C(=O)NCC1OC(O)C(NC(=O)C(=C)C)C(O)C1O. The van der Waals surface area contributed by atoms with Gasteiger partial charge in [0.2, 0.25) is 11.8 Å². The lowest BCUT2D eigenvalue weighted by atomic mass is 9.96. The van der Waals surface area contributed by atoms with Crippen LogP contribution in [0.2, 0.25) is 0 Å². The second-order valence-corrected chi connectivity index (χ2v) is 5.32. The quantitative estimate of drug-likeness (QED) is 0.380. The summed E-state index contributed by atoms with van der Waals surface area (Å²) in [6.07, 6.45) is -5.41. The van der Waals surface area contributed by atoms with Gasteiger partial charge < -0.3 is 30.7 Å². The highest BCUT2D eigenvalue weighted by Crippen LogP contribution is 2.20. The molecule has 5 N–H and O–H groups in total. The van der Waals surface area contributed by atoms with Gasteiger partial charge in [-0.15, -0.1) is 0 Å². The maximum Gasteiger partial charge on any atom is 0.246 e. The summed E-state index contributed by atoms with van der Waals surface area (Å²) in [6.45, 7) is 9.75. The summed E-state index contributed by atoms with van der Waals surface area (Å²) in [6, 6.07) is -1.20. The largest absolute Gasteiger partial charge is 0.388 e. The van der Waals surface area contributed by atoms with Crippen molar-refractivity contribution in [1.82, 2.24) is 10.6 Å². The van der Waals surface area contributed by atoms with E-state index in [1.54, 1.807) is 0 Å². The first-order valence-electron chi connectivity index (χ1n) is 6.75.